The van der Waals surface area contributed by atoms with Crippen LogP contribution < -0.4 is 0 Å². The summed E-state index contributed by atoms with van der Waals surface area (Å²) >= 11 is 24.6. The smallest absolute Gasteiger partial charge is 0.327 e. The molecule has 0 spiro atoms. The van der Waals surface area contributed by atoms with Crippen molar-refractivity contribution in [3.63, 3.8) is 0 Å². The number of carbonyl (C=O) groups is 3. The first kappa shape index (κ1) is 19.9. The lowest BCUT2D eigenvalue weighted by atomic mass is 9.47. The molecule has 6 rings (SSSR count). The maximum Gasteiger partial charge on any atom is 0.327 e. The van der Waals surface area contributed by atoms with Crippen LogP contribution in [0.3, 0.4) is 0 Å². The molecule has 5 nitrogen and oxygen atoms in total. The van der Waals surface area contributed by atoms with Crippen molar-refractivity contribution in [2.24, 2.45) is 23.2 Å². The molecule has 1 atom stereocenters. The minimum atomic E-state index is -1.26. The molecule has 4 fully saturated rings. The van der Waals surface area contributed by atoms with Gasteiger partial charge in [0.1, 0.15) is 6.04 Å². The lowest BCUT2D eigenvalue weighted by Crippen LogP contribution is -2.61. The Morgan fingerprint density at radius 2 is 1.21 bits per heavy atom. The third kappa shape index (κ3) is 2.63. The molecular weight excluding hydrogens is 460 g/mol. The van der Waals surface area contributed by atoms with Gasteiger partial charge in [-0.3, -0.25) is 14.5 Å². The van der Waals surface area contributed by atoms with Crippen LogP contribution in [0.1, 0.15) is 59.2 Å². The standard InChI is InChI=1S/C20H17Cl4NO4/c21-12-10-11(13(22)15(24)14(12)23)18(27)25(17(10)26)16(19(28)29)20-4-7-1-8(5-20)3-9(2-7)6-20/h7-9,16H,1-6H2,(H,28,29)/t7?,8?,9?,16-,20?/m0/s1. The number of imide groups is 1. The summed E-state index contributed by atoms with van der Waals surface area (Å²) in [6, 6.07) is -1.26. The Labute approximate surface area is 187 Å². The highest BCUT2D eigenvalue weighted by atomic mass is 35.5. The summed E-state index contributed by atoms with van der Waals surface area (Å²) in [5.74, 6) is -1.35. The molecule has 1 aliphatic heterocycles. The van der Waals surface area contributed by atoms with Crippen molar-refractivity contribution < 1.29 is 19.5 Å². The number of amides is 2. The van der Waals surface area contributed by atoms with Crippen LogP contribution in [0.4, 0.5) is 0 Å². The molecule has 1 heterocycles. The van der Waals surface area contributed by atoms with Gasteiger partial charge in [-0.25, -0.2) is 4.79 Å². The second-order valence-corrected chi connectivity index (χ2v) is 10.5. The van der Waals surface area contributed by atoms with Crippen LogP contribution >= 0.6 is 46.4 Å². The van der Waals surface area contributed by atoms with Gasteiger partial charge >= 0.3 is 5.97 Å². The lowest BCUT2D eigenvalue weighted by Gasteiger charge is -2.59. The highest BCUT2D eigenvalue weighted by molar-refractivity contribution is 6.55. The predicted molar refractivity (Wildman–Crippen MR) is 109 cm³/mol. The number of aliphatic carboxylic acids is 1. The first-order chi connectivity index (χ1) is 13.6. The van der Waals surface area contributed by atoms with Gasteiger partial charge in [0.25, 0.3) is 11.8 Å². The molecule has 4 bridgehead atoms. The van der Waals surface area contributed by atoms with Crippen molar-refractivity contribution >= 4 is 64.2 Å². The highest BCUT2D eigenvalue weighted by Crippen LogP contribution is 2.62. The van der Waals surface area contributed by atoms with Gasteiger partial charge in [0.2, 0.25) is 0 Å². The van der Waals surface area contributed by atoms with Crippen molar-refractivity contribution in [3.05, 3.63) is 31.2 Å². The zero-order chi connectivity index (χ0) is 20.8. The van der Waals surface area contributed by atoms with Crippen LogP contribution in [0, 0.1) is 23.2 Å². The second-order valence-electron chi connectivity index (χ2n) is 9.01. The molecular formula is C20H17Cl4NO4. The fourth-order valence-electron chi connectivity index (χ4n) is 6.76. The first-order valence-corrected chi connectivity index (χ1v) is 11.1. The molecule has 9 heteroatoms. The number of carboxylic acid groups (broad SMARTS) is 1. The monoisotopic (exact) mass is 475 g/mol. The van der Waals surface area contributed by atoms with Gasteiger partial charge in [0.15, 0.2) is 0 Å². The number of hydrogen-bond donors (Lipinski definition) is 1. The van der Waals surface area contributed by atoms with E-state index in [2.05, 4.69) is 0 Å². The quantitative estimate of drug-likeness (QED) is 0.351. The SMILES string of the molecule is O=C(O)[C@H](N1C(=O)c2c(Cl)c(Cl)c(Cl)c(Cl)c2C1=O)C12CC3CC(CC(C3)C1)C2. The Morgan fingerprint density at radius 1 is 0.828 bits per heavy atom. The molecule has 0 unspecified atom stereocenters. The normalized spacial score (nSPS) is 33.4. The predicted octanol–water partition coefficient (Wildman–Crippen LogP) is 5.57. The van der Waals surface area contributed by atoms with Gasteiger partial charge in [-0.05, 0) is 56.3 Å². The Bertz CT molecular complexity index is 909. The van der Waals surface area contributed by atoms with Crippen LogP contribution in [-0.2, 0) is 4.79 Å². The topological polar surface area (TPSA) is 74.7 Å². The number of halogens is 4. The number of carboxylic acids is 1. The van der Waals surface area contributed by atoms with Crippen molar-refractivity contribution in [1.82, 2.24) is 4.90 Å². The van der Waals surface area contributed by atoms with Crippen LogP contribution in [0.5, 0.6) is 0 Å². The van der Waals surface area contributed by atoms with E-state index in [1.807, 2.05) is 0 Å². The van der Waals surface area contributed by atoms with Crippen LogP contribution in [0.2, 0.25) is 20.1 Å². The minimum absolute atomic E-state index is 0.123. The highest BCUT2D eigenvalue weighted by Gasteiger charge is 2.61. The number of nitrogens with zero attached hydrogens (tertiary/aromatic N) is 1. The fraction of sp³-hybridized carbons (Fsp3) is 0.550. The summed E-state index contributed by atoms with van der Waals surface area (Å²) in [5, 5.41) is 9.60. The molecule has 1 aromatic carbocycles. The average Bonchev–Trinajstić information content (AvgIpc) is 2.88. The molecule has 1 aromatic rings. The van der Waals surface area contributed by atoms with E-state index < -0.39 is 29.2 Å². The molecule has 4 saturated carbocycles. The van der Waals surface area contributed by atoms with Crippen LogP contribution in [-0.4, -0.2) is 33.8 Å². The Balaban J connectivity index is 1.63. The lowest BCUT2D eigenvalue weighted by molar-refractivity contribution is -0.156. The number of benzene rings is 1. The second kappa shape index (κ2) is 6.49. The van der Waals surface area contributed by atoms with E-state index in [1.165, 1.54) is 0 Å². The van der Waals surface area contributed by atoms with Crippen molar-refractivity contribution in [1.29, 1.82) is 0 Å². The maximum absolute atomic E-state index is 13.3. The largest absolute Gasteiger partial charge is 0.480 e. The number of carbonyl (C=O) groups excluding carboxylic acids is 2. The van der Waals surface area contributed by atoms with Gasteiger partial charge in [0, 0.05) is 5.41 Å². The third-order valence-electron chi connectivity index (χ3n) is 7.29. The van der Waals surface area contributed by atoms with E-state index in [9.17, 15) is 19.5 Å². The molecule has 29 heavy (non-hydrogen) atoms. The van der Waals surface area contributed by atoms with E-state index in [1.54, 1.807) is 0 Å². The zero-order valence-electron chi connectivity index (χ0n) is 15.2. The molecule has 2 amide bonds. The van der Waals surface area contributed by atoms with Gasteiger partial charge in [-0.2, -0.15) is 0 Å². The summed E-state index contributed by atoms with van der Waals surface area (Å²) in [4.78, 5) is 39.9. The third-order valence-corrected chi connectivity index (χ3v) is 9.09. The molecule has 0 aromatic heterocycles. The summed E-state index contributed by atoms with van der Waals surface area (Å²) in [6.45, 7) is 0. The minimum Gasteiger partial charge on any atom is -0.480 e. The first-order valence-electron chi connectivity index (χ1n) is 9.61. The van der Waals surface area contributed by atoms with E-state index in [0.29, 0.717) is 37.0 Å². The van der Waals surface area contributed by atoms with E-state index in [0.717, 1.165) is 24.2 Å². The van der Waals surface area contributed by atoms with Crippen molar-refractivity contribution in [2.45, 2.75) is 44.6 Å². The van der Waals surface area contributed by atoms with E-state index >= 15 is 0 Å². The summed E-state index contributed by atoms with van der Waals surface area (Å²) in [6.07, 6.45) is 5.47. The van der Waals surface area contributed by atoms with Crippen LogP contribution in [0.25, 0.3) is 0 Å². The Kier molecular flexibility index (Phi) is 4.46. The van der Waals surface area contributed by atoms with Gasteiger partial charge in [0.05, 0.1) is 31.2 Å². The summed E-state index contributed by atoms with van der Waals surface area (Å²) < 4.78 is 0. The van der Waals surface area contributed by atoms with E-state index in [-0.39, 0.29) is 31.2 Å². The van der Waals surface area contributed by atoms with Crippen LogP contribution in [0.15, 0.2) is 0 Å². The average molecular weight is 477 g/mol. The number of fused-ring (bicyclic) bond motifs is 1. The molecule has 4 aliphatic carbocycles. The molecule has 0 radical (unpaired) electrons. The number of rotatable bonds is 3. The molecule has 154 valence electrons. The molecule has 5 aliphatic rings. The van der Waals surface area contributed by atoms with Gasteiger partial charge < -0.3 is 5.11 Å². The number of hydrogen-bond acceptors (Lipinski definition) is 3. The Morgan fingerprint density at radius 3 is 1.55 bits per heavy atom. The molecule has 1 N–H and O–H groups in total. The maximum atomic E-state index is 13.3. The zero-order valence-corrected chi connectivity index (χ0v) is 18.2. The molecule has 0 saturated heterocycles. The Hall–Kier alpha value is -1.01. The van der Waals surface area contributed by atoms with Gasteiger partial charge in [-0.15, -0.1) is 0 Å². The summed E-state index contributed by atoms with van der Waals surface area (Å²) in [5.41, 5.74) is -0.931. The van der Waals surface area contributed by atoms with Crippen molar-refractivity contribution in [2.75, 3.05) is 0 Å². The van der Waals surface area contributed by atoms with Crippen molar-refractivity contribution in [3.8, 4) is 0 Å². The fourth-order valence-corrected chi connectivity index (χ4v) is 7.77. The van der Waals surface area contributed by atoms with E-state index in [4.69, 9.17) is 46.4 Å². The summed E-state index contributed by atoms with van der Waals surface area (Å²) in [7, 11) is 0. The van der Waals surface area contributed by atoms with Gasteiger partial charge in [-0.1, -0.05) is 46.4 Å².